The van der Waals surface area contributed by atoms with Crippen LogP contribution >= 0.6 is 0 Å². The molecule has 0 aromatic heterocycles. The van der Waals surface area contributed by atoms with Gasteiger partial charge < -0.3 is 4.74 Å². The van der Waals surface area contributed by atoms with Crippen molar-refractivity contribution in [1.82, 2.24) is 4.72 Å². The van der Waals surface area contributed by atoms with E-state index in [0.717, 1.165) is 0 Å². The first-order chi connectivity index (χ1) is 11.3. The molecule has 0 unspecified atom stereocenters. The highest BCUT2D eigenvalue weighted by atomic mass is 32.2. The normalized spacial score (nSPS) is 11.3. The van der Waals surface area contributed by atoms with Crippen molar-refractivity contribution < 1.29 is 22.3 Å². The van der Waals surface area contributed by atoms with E-state index in [-0.39, 0.29) is 29.4 Å². The maximum atomic E-state index is 12.9. The van der Waals surface area contributed by atoms with Crippen molar-refractivity contribution in [3.63, 3.8) is 0 Å². The quantitative estimate of drug-likeness (QED) is 0.812. The largest absolute Gasteiger partial charge is 0.457 e. The molecule has 0 amide bonds. The Balaban J connectivity index is 2.18. The molecule has 2 rings (SSSR count). The second-order valence-electron chi connectivity index (χ2n) is 5.18. The minimum Gasteiger partial charge on any atom is -0.457 e. The number of ether oxygens (including phenoxy) is 1. The molecule has 0 atom stereocenters. The molecule has 0 aliphatic heterocycles. The van der Waals surface area contributed by atoms with Gasteiger partial charge in [0.1, 0.15) is 12.4 Å². The summed E-state index contributed by atoms with van der Waals surface area (Å²) in [6, 6.07) is 9.86. The van der Waals surface area contributed by atoms with Crippen molar-refractivity contribution in [1.29, 1.82) is 0 Å². The number of hydrogen-bond donors (Lipinski definition) is 1. The first kappa shape index (κ1) is 18.1. The van der Waals surface area contributed by atoms with Crippen LogP contribution in [0.3, 0.4) is 0 Å². The smallest absolute Gasteiger partial charge is 0.338 e. The Kier molecular flexibility index (Phi) is 5.69. The third-order valence-corrected chi connectivity index (χ3v) is 4.90. The Labute approximate surface area is 140 Å². The molecule has 0 radical (unpaired) electrons. The molecule has 2 aromatic rings. The molecule has 0 saturated carbocycles. The van der Waals surface area contributed by atoms with Gasteiger partial charge in [-0.1, -0.05) is 25.1 Å². The number of nitrogens with one attached hydrogen (secondary N) is 1. The van der Waals surface area contributed by atoms with Gasteiger partial charge in [-0.3, -0.25) is 0 Å². The number of halogens is 1. The first-order valence-corrected chi connectivity index (χ1v) is 8.83. The second kappa shape index (κ2) is 7.55. The lowest BCUT2D eigenvalue weighted by Crippen LogP contribution is -2.23. The maximum Gasteiger partial charge on any atom is 0.338 e. The average Bonchev–Trinajstić information content (AvgIpc) is 2.54. The Morgan fingerprint density at radius 3 is 2.46 bits per heavy atom. The van der Waals surface area contributed by atoms with Gasteiger partial charge in [0.2, 0.25) is 10.0 Å². The predicted molar refractivity (Wildman–Crippen MR) is 87.6 cm³/mol. The van der Waals surface area contributed by atoms with Crippen LogP contribution in [0.25, 0.3) is 0 Å². The van der Waals surface area contributed by atoms with Crippen molar-refractivity contribution in [2.75, 3.05) is 6.54 Å². The molecule has 2 aromatic carbocycles. The lowest BCUT2D eigenvalue weighted by Gasteiger charge is -2.10. The number of esters is 1. The van der Waals surface area contributed by atoms with Crippen LogP contribution in [-0.2, 0) is 21.4 Å². The van der Waals surface area contributed by atoms with Gasteiger partial charge in [0.05, 0.1) is 10.5 Å². The molecule has 0 aliphatic rings. The summed E-state index contributed by atoms with van der Waals surface area (Å²) in [4.78, 5) is 12.2. The summed E-state index contributed by atoms with van der Waals surface area (Å²) in [7, 11) is -3.65. The summed E-state index contributed by atoms with van der Waals surface area (Å²) in [5, 5.41) is 0. The summed E-state index contributed by atoms with van der Waals surface area (Å²) in [5.41, 5.74) is 1.42. The van der Waals surface area contributed by atoms with Gasteiger partial charge in [-0.15, -0.1) is 0 Å². The van der Waals surface area contributed by atoms with Crippen LogP contribution in [0.5, 0.6) is 0 Å². The van der Waals surface area contributed by atoms with Gasteiger partial charge in [-0.2, -0.15) is 0 Å². The molecular formula is C17H18FNO4S. The van der Waals surface area contributed by atoms with Crippen molar-refractivity contribution in [3.05, 3.63) is 65.0 Å². The Bertz CT molecular complexity index is 832. The van der Waals surface area contributed by atoms with E-state index in [1.54, 1.807) is 19.9 Å². The van der Waals surface area contributed by atoms with Crippen molar-refractivity contribution in [2.24, 2.45) is 0 Å². The standard InChI is InChI=1S/C17H18FNO4S/c1-3-19-24(21,22)15-9-4-12(2)16(10-15)17(20)23-11-13-5-7-14(18)8-6-13/h4-10,19H,3,11H2,1-2H3. The SMILES string of the molecule is CCNS(=O)(=O)c1ccc(C)c(C(=O)OCc2ccc(F)cc2)c1. The fourth-order valence-corrected chi connectivity index (χ4v) is 3.14. The number of rotatable bonds is 6. The highest BCUT2D eigenvalue weighted by molar-refractivity contribution is 7.89. The second-order valence-corrected chi connectivity index (χ2v) is 6.95. The van der Waals surface area contributed by atoms with Gasteiger partial charge >= 0.3 is 5.97 Å². The monoisotopic (exact) mass is 351 g/mol. The van der Waals surface area contributed by atoms with E-state index >= 15 is 0 Å². The van der Waals surface area contributed by atoms with E-state index in [4.69, 9.17) is 4.74 Å². The fourth-order valence-electron chi connectivity index (χ4n) is 2.07. The van der Waals surface area contributed by atoms with E-state index in [2.05, 4.69) is 4.72 Å². The van der Waals surface area contributed by atoms with Crippen LogP contribution in [0.1, 0.15) is 28.4 Å². The number of benzene rings is 2. The third-order valence-electron chi connectivity index (χ3n) is 3.36. The first-order valence-electron chi connectivity index (χ1n) is 7.35. The number of sulfonamides is 1. The van der Waals surface area contributed by atoms with E-state index in [0.29, 0.717) is 11.1 Å². The zero-order valence-corrected chi connectivity index (χ0v) is 14.2. The minimum absolute atomic E-state index is 0.00341. The summed E-state index contributed by atoms with van der Waals surface area (Å²) < 4.78 is 44.5. The number of carbonyl (C=O) groups is 1. The lowest BCUT2D eigenvalue weighted by molar-refractivity contribution is 0.0471. The highest BCUT2D eigenvalue weighted by Gasteiger charge is 2.18. The average molecular weight is 351 g/mol. The molecule has 0 spiro atoms. The molecule has 1 N–H and O–H groups in total. The lowest BCUT2D eigenvalue weighted by atomic mass is 10.1. The Hall–Kier alpha value is -2.25. The molecule has 0 heterocycles. The maximum absolute atomic E-state index is 12.9. The topological polar surface area (TPSA) is 72.5 Å². The molecule has 0 bridgehead atoms. The van der Waals surface area contributed by atoms with Gasteiger partial charge in [-0.05, 0) is 42.3 Å². The van der Waals surface area contributed by atoms with Crippen LogP contribution in [0.2, 0.25) is 0 Å². The van der Waals surface area contributed by atoms with E-state index in [1.807, 2.05) is 0 Å². The summed E-state index contributed by atoms with van der Waals surface area (Å²) in [6.07, 6.45) is 0. The van der Waals surface area contributed by atoms with Crippen molar-refractivity contribution in [2.45, 2.75) is 25.3 Å². The van der Waals surface area contributed by atoms with Crippen LogP contribution in [0.15, 0.2) is 47.4 Å². The number of hydrogen-bond acceptors (Lipinski definition) is 4. The molecule has 0 aliphatic carbocycles. The predicted octanol–water partition coefficient (Wildman–Crippen LogP) is 2.79. The number of aryl methyl sites for hydroxylation is 1. The van der Waals surface area contributed by atoms with E-state index in [1.165, 1.54) is 36.4 Å². The van der Waals surface area contributed by atoms with Crippen LogP contribution in [-0.4, -0.2) is 20.9 Å². The van der Waals surface area contributed by atoms with Gasteiger partial charge in [0.25, 0.3) is 0 Å². The van der Waals surface area contributed by atoms with Crippen molar-refractivity contribution in [3.8, 4) is 0 Å². The number of carbonyl (C=O) groups excluding carboxylic acids is 1. The van der Waals surface area contributed by atoms with Crippen LogP contribution < -0.4 is 4.72 Å². The molecule has 7 heteroatoms. The molecule has 128 valence electrons. The Morgan fingerprint density at radius 2 is 1.83 bits per heavy atom. The fraction of sp³-hybridized carbons (Fsp3) is 0.235. The zero-order chi connectivity index (χ0) is 17.7. The Morgan fingerprint density at radius 1 is 1.17 bits per heavy atom. The van der Waals surface area contributed by atoms with E-state index < -0.39 is 16.0 Å². The van der Waals surface area contributed by atoms with Gasteiger partial charge in [-0.25, -0.2) is 22.3 Å². The van der Waals surface area contributed by atoms with Gasteiger partial charge in [0.15, 0.2) is 0 Å². The van der Waals surface area contributed by atoms with Crippen molar-refractivity contribution >= 4 is 16.0 Å². The zero-order valence-electron chi connectivity index (χ0n) is 13.4. The summed E-state index contributed by atoms with van der Waals surface area (Å²) >= 11 is 0. The van der Waals surface area contributed by atoms with Crippen LogP contribution in [0.4, 0.5) is 4.39 Å². The minimum atomic E-state index is -3.65. The molecule has 0 saturated heterocycles. The van der Waals surface area contributed by atoms with Crippen LogP contribution in [0, 0.1) is 12.7 Å². The van der Waals surface area contributed by atoms with Gasteiger partial charge in [0, 0.05) is 6.54 Å². The summed E-state index contributed by atoms with van der Waals surface area (Å²) in [5.74, 6) is -1.01. The molecular weight excluding hydrogens is 333 g/mol. The highest BCUT2D eigenvalue weighted by Crippen LogP contribution is 2.17. The summed E-state index contributed by atoms with van der Waals surface area (Å²) in [6.45, 7) is 3.59. The molecule has 5 nitrogen and oxygen atoms in total. The third kappa shape index (κ3) is 4.39. The molecule has 0 fully saturated rings. The van der Waals surface area contributed by atoms with E-state index in [9.17, 15) is 17.6 Å². The molecule has 24 heavy (non-hydrogen) atoms.